The van der Waals surface area contributed by atoms with E-state index in [9.17, 15) is 13.6 Å². The largest absolute Gasteiger partial charge is 0.341 e. The number of hydroxylamine groups is 1. The van der Waals surface area contributed by atoms with Crippen LogP contribution in [0, 0.1) is 11.6 Å². The van der Waals surface area contributed by atoms with Crippen LogP contribution in [0.3, 0.4) is 0 Å². The van der Waals surface area contributed by atoms with Gasteiger partial charge in [0.25, 0.3) is 5.91 Å². The maximum absolute atomic E-state index is 14.2. The quantitative estimate of drug-likeness (QED) is 0.282. The summed E-state index contributed by atoms with van der Waals surface area (Å²) in [6.07, 6.45) is 6.96. The van der Waals surface area contributed by atoms with Gasteiger partial charge in [0.1, 0.15) is 17.3 Å². The number of carbonyl (C=O) groups excluding carboxylic acids is 1. The smallest absolute Gasteiger partial charge is 0.293 e. The SMILES string of the molecule is C=CCC(CC)NCc1cn(Cc2ccc(F)cc2F)c2cnc(C(=O)NO)cc12. The molecule has 0 saturated carbocycles. The molecule has 3 N–H and O–H groups in total. The van der Waals surface area contributed by atoms with Crippen LogP contribution in [0.1, 0.15) is 41.4 Å². The van der Waals surface area contributed by atoms with Crippen molar-refractivity contribution in [1.82, 2.24) is 20.3 Å². The first kappa shape index (κ1) is 21.6. The summed E-state index contributed by atoms with van der Waals surface area (Å²) >= 11 is 0. The van der Waals surface area contributed by atoms with Crippen LogP contribution in [0.25, 0.3) is 10.9 Å². The third-order valence-electron chi connectivity index (χ3n) is 5.07. The maximum atomic E-state index is 14.2. The van der Waals surface area contributed by atoms with Gasteiger partial charge >= 0.3 is 0 Å². The van der Waals surface area contributed by atoms with Gasteiger partial charge in [-0.05, 0) is 30.5 Å². The lowest BCUT2D eigenvalue weighted by Crippen LogP contribution is -2.27. The second-order valence-electron chi connectivity index (χ2n) is 7.06. The normalized spacial score (nSPS) is 12.1. The molecule has 158 valence electrons. The van der Waals surface area contributed by atoms with Crippen molar-refractivity contribution in [2.75, 3.05) is 0 Å². The van der Waals surface area contributed by atoms with Crippen molar-refractivity contribution in [1.29, 1.82) is 0 Å². The molecule has 8 heteroatoms. The van der Waals surface area contributed by atoms with Crippen molar-refractivity contribution in [2.45, 2.75) is 38.9 Å². The third kappa shape index (κ3) is 4.72. The molecule has 0 radical (unpaired) electrons. The van der Waals surface area contributed by atoms with Crippen LogP contribution in [0.15, 0.2) is 49.3 Å². The van der Waals surface area contributed by atoms with Crippen molar-refractivity contribution in [3.63, 3.8) is 0 Å². The Morgan fingerprint density at radius 2 is 2.13 bits per heavy atom. The minimum atomic E-state index is -0.716. The summed E-state index contributed by atoms with van der Waals surface area (Å²) in [6, 6.07) is 5.32. The van der Waals surface area contributed by atoms with Gasteiger partial charge in [0, 0.05) is 35.8 Å². The monoisotopic (exact) mass is 414 g/mol. The molecular formula is C22H24F2N4O2. The molecule has 2 heterocycles. The van der Waals surface area contributed by atoms with Crippen LogP contribution in [0.4, 0.5) is 8.78 Å². The van der Waals surface area contributed by atoms with Crippen LogP contribution >= 0.6 is 0 Å². The molecule has 6 nitrogen and oxygen atoms in total. The predicted octanol–water partition coefficient (Wildman–Crippen LogP) is 3.93. The van der Waals surface area contributed by atoms with Gasteiger partial charge in [0.2, 0.25) is 0 Å². The Balaban J connectivity index is 2.00. The van der Waals surface area contributed by atoms with E-state index in [1.807, 2.05) is 16.8 Å². The second-order valence-corrected chi connectivity index (χ2v) is 7.06. The molecule has 3 rings (SSSR count). The van der Waals surface area contributed by atoms with E-state index in [0.29, 0.717) is 17.6 Å². The Bertz CT molecular complexity index is 1060. The first-order chi connectivity index (χ1) is 14.5. The van der Waals surface area contributed by atoms with Gasteiger partial charge in [-0.3, -0.25) is 10.0 Å². The fourth-order valence-corrected chi connectivity index (χ4v) is 3.40. The van der Waals surface area contributed by atoms with Crippen LogP contribution in [-0.4, -0.2) is 26.7 Å². The molecule has 1 atom stereocenters. The molecule has 1 aromatic carbocycles. The lowest BCUT2D eigenvalue weighted by Gasteiger charge is -2.14. The average molecular weight is 414 g/mol. The van der Waals surface area contributed by atoms with Crippen molar-refractivity contribution in [2.24, 2.45) is 0 Å². The minimum absolute atomic E-state index is 0.0649. The van der Waals surface area contributed by atoms with Gasteiger partial charge in [-0.25, -0.2) is 19.2 Å². The van der Waals surface area contributed by atoms with Crippen molar-refractivity contribution in [3.05, 3.63) is 77.8 Å². The Kier molecular flexibility index (Phi) is 6.91. The summed E-state index contributed by atoms with van der Waals surface area (Å²) < 4.78 is 29.2. The molecule has 0 saturated heterocycles. The number of benzene rings is 1. The third-order valence-corrected chi connectivity index (χ3v) is 5.07. The van der Waals surface area contributed by atoms with Crippen LogP contribution < -0.4 is 10.8 Å². The molecule has 1 unspecified atom stereocenters. The molecule has 0 aliphatic rings. The lowest BCUT2D eigenvalue weighted by atomic mass is 10.1. The Hall–Kier alpha value is -3.10. The number of aromatic nitrogens is 2. The average Bonchev–Trinajstić information content (AvgIpc) is 3.09. The standard InChI is InChI=1S/C22H24F2N4O2/c1-3-5-17(4-2)25-10-15-13-28(12-14-6-7-16(23)8-19(14)24)21-11-26-20(9-18(15)21)22(29)27-30/h3,6-9,11,13,17,25,30H,1,4-5,10,12H2,2H3,(H,27,29). The number of rotatable bonds is 9. The molecule has 30 heavy (non-hydrogen) atoms. The molecule has 0 fully saturated rings. The molecule has 3 aromatic rings. The molecule has 2 aromatic heterocycles. The van der Waals surface area contributed by atoms with Gasteiger partial charge in [-0.2, -0.15) is 0 Å². The molecule has 0 aliphatic carbocycles. The molecule has 1 amide bonds. The van der Waals surface area contributed by atoms with Crippen molar-refractivity contribution < 1.29 is 18.8 Å². The van der Waals surface area contributed by atoms with Crippen molar-refractivity contribution >= 4 is 16.8 Å². The minimum Gasteiger partial charge on any atom is -0.341 e. The van der Waals surface area contributed by atoms with Gasteiger partial charge in [-0.15, -0.1) is 6.58 Å². The van der Waals surface area contributed by atoms with Crippen molar-refractivity contribution in [3.8, 4) is 0 Å². The van der Waals surface area contributed by atoms with Crippen LogP contribution in [-0.2, 0) is 13.1 Å². The fraction of sp³-hybridized carbons (Fsp3) is 0.273. The van der Waals surface area contributed by atoms with E-state index in [0.717, 1.165) is 29.9 Å². The zero-order valence-corrected chi connectivity index (χ0v) is 16.7. The number of amides is 1. The highest BCUT2D eigenvalue weighted by atomic mass is 19.1. The lowest BCUT2D eigenvalue weighted by molar-refractivity contribution is 0.0701. The zero-order chi connectivity index (χ0) is 21.7. The van der Waals surface area contributed by atoms with E-state index in [1.54, 1.807) is 11.5 Å². The summed E-state index contributed by atoms with van der Waals surface area (Å²) in [5.41, 5.74) is 3.57. The Labute approximate surface area is 173 Å². The number of pyridine rings is 1. The Morgan fingerprint density at radius 1 is 1.33 bits per heavy atom. The first-order valence-electron chi connectivity index (χ1n) is 9.67. The van der Waals surface area contributed by atoms with E-state index in [2.05, 4.69) is 23.8 Å². The number of nitrogens with one attached hydrogen (secondary N) is 2. The number of hydrogen-bond acceptors (Lipinski definition) is 4. The summed E-state index contributed by atoms with van der Waals surface area (Å²) in [6.45, 7) is 6.56. The predicted molar refractivity (Wildman–Crippen MR) is 110 cm³/mol. The van der Waals surface area contributed by atoms with Gasteiger partial charge in [-0.1, -0.05) is 19.1 Å². The van der Waals surface area contributed by atoms with Gasteiger partial charge in [0.15, 0.2) is 0 Å². The van der Waals surface area contributed by atoms with E-state index in [4.69, 9.17) is 5.21 Å². The number of carbonyl (C=O) groups is 1. The summed E-state index contributed by atoms with van der Waals surface area (Å²) in [5, 5.41) is 13.1. The Morgan fingerprint density at radius 3 is 2.80 bits per heavy atom. The van der Waals surface area contributed by atoms with E-state index in [1.165, 1.54) is 18.3 Å². The number of hydrogen-bond donors (Lipinski definition) is 3. The second kappa shape index (κ2) is 9.60. The van der Waals surface area contributed by atoms with E-state index < -0.39 is 17.5 Å². The zero-order valence-electron chi connectivity index (χ0n) is 16.7. The first-order valence-corrected chi connectivity index (χ1v) is 9.67. The van der Waals surface area contributed by atoms with Gasteiger partial charge < -0.3 is 9.88 Å². The van der Waals surface area contributed by atoms with E-state index in [-0.39, 0.29) is 18.3 Å². The molecule has 0 aliphatic heterocycles. The summed E-state index contributed by atoms with van der Waals surface area (Å²) in [4.78, 5) is 15.9. The molecular weight excluding hydrogens is 390 g/mol. The highest BCUT2D eigenvalue weighted by molar-refractivity contribution is 5.96. The summed E-state index contributed by atoms with van der Waals surface area (Å²) in [5.74, 6) is -1.98. The molecule has 0 bridgehead atoms. The highest BCUT2D eigenvalue weighted by Crippen LogP contribution is 2.24. The highest BCUT2D eigenvalue weighted by Gasteiger charge is 2.16. The van der Waals surface area contributed by atoms with Gasteiger partial charge in [0.05, 0.1) is 18.3 Å². The molecule has 0 spiro atoms. The maximum Gasteiger partial charge on any atom is 0.293 e. The van der Waals surface area contributed by atoms with E-state index >= 15 is 0 Å². The number of halogens is 2. The van der Waals surface area contributed by atoms with Crippen LogP contribution in [0.5, 0.6) is 0 Å². The number of nitrogens with zero attached hydrogens (tertiary/aromatic N) is 2. The summed E-state index contributed by atoms with van der Waals surface area (Å²) in [7, 11) is 0. The topological polar surface area (TPSA) is 79.2 Å². The fourth-order valence-electron chi connectivity index (χ4n) is 3.40. The number of fused-ring (bicyclic) bond motifs is 1. The van der Waals surface area contributed by atoms with Crippen LogP contribution in [0.2, 0.25) is 0 Å².